The SMILES string of the molecule is CCc1cccc(CC)c1NC(=O)c1ccc(N)nn1. The van der Waals surface area contributed by atoms with E-state index in [9.17, 15) is 4.79 Å². The van der Waals surface area contributed by atoms with Crippen molar-refractivity contribution in [1.82, 2.24) is 10.2 Å². The lowest BCUT2D eigenvalue weighted by Crippen LogP contribution is -2.17. The van der Waals surface area contributed by atoms with E-state index in [2.05, 4.69) is 29.4 Å². The number of carbonyl (C=O) groups excluding carboxylic acids is 1. The average Bonchev–Trinajstić information content (AvgIpc) is 2.48. The normalized spacial score (nSPS) is 10.3. The van der Waals surface area contributed by atoms with Crippen molar-refractivity contribution >= 4 is 17.4 Å². The zero-order chi connectivity index (χ0) is 14.5. The Hall–Kier alpha value is -2.43. The highest BCUT2D eigenvalue weighted by Crippen LogP contribution is 2.23. The maximum absolute atomic E-state index is 12.2. The Morgan fingerprint density at radius 2 is 1.75 bits per heavy atom. The monoisotopic (exact) mass is 270 g/mol. The Balaban J connectivity index is 2.29. The molecule has 0 fully saturated rings. The summed E-state index contributed by atoms with van der Waals surface area (Å²) in [7, 11) is 0. The minimum absolute atomic E-state index is 0.257. The smallest absolute Gasteiger partial charge is 0.276 e. The fourth-order valence-corrected chi connectivity index (χ4v) is 2.04. The Kier molecular flexibility index (Phi) is 4.30. The second-order valence-corrected chi connectivity index (χ2v) is 4.46. The molecular weight excluding hydrogens is 252 g/mol. The van der Waals surface area contributed by atoms with Crippen LogP contribution in [0.25, 0.3) is 0 Å². The Labute approximate surface area is 118 Å². The van der Waals surface area contributed by atoms with Gasteiger partial charge in [0, 0.05) is 5.69 Å². The molecular formula is C15H18N4O. The number of aromatic nitrogens is 2. The van der Waals surface area contributed by atoms with Crippen LogP contribution in [-0.4, -0.2) is 16.1 Å². The van der Waals surface area contributed by atoms with Gasteiger partial charge in [0.25, 0.3) is 5.91 Å². The van der Waals surface area contributed by atoms with Gasteiger partial charge in [0.15, 0.2) is 5.69 Å². The molecule has 2 aromatic rings. The Morgan fingerprint density at radius 1 is 1.10 bits per heavy atom. The number of rotatable bonds is 4. The van der Waals surface area contributed by atoms with E-state index in [1.807, 2.05) is 18.2 Å². The van der Waals surface area contributed by atoms with Crippen molar-refractivity contribution in [2.45, 2.75) is 26.7 Å². The van der Waals surface area contributed by atoms with Gasteiger partial charge in [0.1, 0.15) is 5.82 Å². The highest BCUT2D eigenvalue weighted by atomic mass is 16.1. The van der Waals surface area contributed by atoms with Crippen molar-refractivity contribution in [3.05, 3.63) is 47.2 Å². The molecule has 0 unspecified atom stereocenters. The summed E-state index contributed by atoms with van der Waals surface area (Å²) in [6.07, 6.45) is 1.72. The quantitative estimate of drug-likeness (QED) is 0.894. The molecule has 0 aliphatic carbocycles. The molecule has 5 nitrogen and oxygen atoms in total. The first-order chi connectivity index (χ1) is 9.65. The standard InChI is InChI=1S/C15H18N4O/c1-3-10-6-5-7-11(4-2)14(10)17-15(20)12-8-9-13(16)19-18-12/h5-9H,3-4H2,1-2H3,(H2,16,19)(H,17,20). The van der Waals surface area contributed by atoms with E-state index < -0.39 is 0 Å². The summed E-state index contributed by atoms with van der Waals surface area (Å²) in [4.78, 5) is 12.2. The third kappa shape index (κ3) is 2.93. The molecule has 1 heterocycles. The number of carbonyl (C=O) groups is 1. The van der Waals surface area contributed by atoms with Crippen LogP contribution < -0.4 is 11.1 Å². The lowest BCUT2D eigenvalue weighted by atomic mass is 10.0. The Morgan fingerprint density at radius 3 is 2.25 bits per heavy atom. The topological polar surface area (TPSA) is 80.9 Å². The molecule has 20 heavy (non-hydrogen) atoms. The lowest BCUT2D eigenvalue weighted by Gasteiger charge is -2.13. The van der Waals surface area contributed by atoms with Crippen molar-refractivity contribution in [3.63, 3.8) is 0 Å². The summed E-state index contributed by atoms with van der Waals surface area (Å²) in [6, 6.07) is 9.18. The third-order valence-electron chi connectivity index (χ3n) is 3.16. The molecule has 1 amide bonds. The number of benzene rings is 1. The first kappa shape index (κ1) is 14.0. The van der Waals surface area contributed by atoms with E-state index in [1.165, 1.54) is 0 Å². The number of nitrogens with two attached hydrogens (primary N) is 1. The maximum Gasteiger partial charge on any atom is 0.276 e. The van der Waals surface area contributed by atoms with Crippen molar-refractivity contribution in [2.24, 2.45) is 0 Å². The minimum atomic E-state index is -0.270. The van der Waals surface area contributed by atoms with Gasteiger partial charge < -0.3 is 11.1 Å². The lowest BCUT2D eigenvalue weighted by molar-refractivity contribution is 0.102. The summed E-state index contributed by atoms with van der Waals surface area (Å²) < 4.78 is 0. The molecule has 104 valence electrons. The summed E-state index contributed by atoms with van der Waals surface area (Å²) in [6.45, 7) is 4.13. The summed E-state index contributed by atoms with van der Waals surface area (Å²) in [5, 5.41) is 10.4. The molecule has 0 aliphatic rings. The van der Waals surface area contributed by atoms with Crippen LogP contribution in [0, 0.1) is 0 Å². The maximum atomic E-state index is 12.2. The molecule has 0 spiro atoms. The first-order valence-corrected chi connectivity index (χ1v) is 6.67. The van der Waals surface area contributed by atoms with Gasteiger partial charge in [-0.3, -0.25) is 4.79 Å². The van der Waals surface area contributed by atoms with Gasteiger partial charge in [-0.05, 0) is 36.1 Å². The van der Waals surface area contributed by atoms with E-state index in [0.717, 1.165) is 29.7 Å². The number of hydrogen-bond donors (Lipinski definition) is 2. The largest absolute Gasteiger partial charge is 0.382 e. The van der Waals surface area contributed by atoms with Gasteiger partial charge in [-0.1, -0.05) is 32.0 Å². The molecule has 2 rings (SSSR count). The van der Waals surface area contributed by atoms with E-state index in [-0.39, 0.29) is 11.6 Å². The number of amides is 1. The predicted octanol–water partition coefficient (Wildman–Crippen LogP) is 2.44. The molecule has 0 bridgehead atoms. The van der Waals surface area contributed by atoms with Crippen LogP contribution in [0.3, 0.4) is 0 Å². The fourth-order valence-electron chi connectivity index (χ4n) is 2.04. The van der Waals surface area contributed by atoms with Gasteiger partial charge in [-0.25, -0.2) is 0 Å². The number of para-hydroxylation sites is 1. The third-order valence-corrected chi connectivity index (χ3v) is 3.16. The van der Waals surface area contributed by atoms with Gasteiger partial charge in [0.05, 0.1) is 0 Å². The molecule has 1 aromatic heterocycles. The van der Waals surface area contributed by atoms with Gasteiger partial charge >= 0.3 is 0 Å². The van der Waals surface area contributed by atoms with Crippen LogP contribution in [0.5, 0.6) is 0 Å². The van der Waals surface area contributed by atoms with Gasteiger partial charge in [0.2, 0.25) is 0 Å². The average molecular weight is 270 g/mol. The summed E-state index contributed by atoms with van der Waals surface area (Å²) in [5.41, 5.74) is 8.82. The second-order valence-electron chi connectivity index (χ2n) is 4.46. The number of anilines is 2. The van der Waals surface area contributed by atoms with E-state index in [4.69, 9.17) is 5.73 Å². The van der Waals surface area contributed by atoms with Crippen LogP contribution in [0.1, 0.15) is 35.5 Å². The van der Waals surface area contributed by atoms with Crippen molar-refractivity contribution < 1.29 is 4.79 Å². The molecule has 0 atom stereocenters. The number of hydrogen-bond acceptors (Lipinski definition) is 4. The van der Waals surface area contributed by atoms with Crippen LogP contribution in [0.4, 0.5) is 11.5 Å². The highest BCUT2D eigenvalue weighted by Gasteiger charge is 2.13. The van der Waals surface area contributed by atoms with Crippen molar-refractivity contribution in [3.8, 4) is 0 Å². The number of aryl methyl sites for hydroxylation is 2. The predicted molar refractivity (Wildman–Crippen MR) is 79.6 cm³/mol. The van der Waals surface area contributed by atoms with Gasteiger partial charge in [-0.2, -0.15) is 0 Å². The van der Waals surface area contributed by atoms with E-state index in [1.54, 1.807) is 12.1 Å². The summed E-state index contributed by atoms with van der Waals surface area (Å²) >= 11 is 0. The molecule has 0 saturated heterocycles. The van der Waals surface area contributed by atoms with Crippen molar-refractivity contribution in [1.29, 1.82) is 0 Å². The number of nitrogens with one attached hydrogen (secondary N) is 1. The summed E-state index contributed by atoms with van der Waals surface area (Å²) in [5.74, 6) is 0.0258. The second kappa shape index (κ2) is 6.14. The number of nitrogen functional groups attached to an aromatic ring is 1. The van der Waals surface area contributed by atoms with E-state index in [0.29, 0.717) is 5.82 Å². The van der Waals surface area contributed by atoms with Gasteiger partial charge in [-0.15, -0.1) is 10.2 Å². The van der Waals surface area contributed by atoms with Crippen LogP contribution >= 0.6 is 0 Å². The van der Waals surface area contributed by atoms with E-state index >= 15 is 0 Å². The minimum Gasteiger partial charge on any atom is -0.382 e. The molecule has 0 saturated carbocycles. The van der Waals surface area contributed by atoms with Crippen LogP contribution in [-0.2, 0) is 12.8 Å². The highest BCUT2D eigenvalue weighted by molar-refractivity contribution is 6.03. The molecule has 5 heteroatoms. The van der Waals surface area contributed by atoms with Crippen LogP contribution in [0.15, 0.2) is 30.3 Å². The molecule has 0 radical (unpaired) electrons. The molecule has 3 N–H and O–H groups in total. The van der Waals surface area contributed by atoms with Crippen molar-refractivity contribution in [2.75, 3.05) is 11.1 Å². The molecule has 1 aromatic carbocycles. The van der Waals surface area contributed by atoms with Crippen LogP contribution in [0.2, 0.25) is 0 Å². The molecule has 0 aliphatic heterocycles. The number of nitrogens with zero attached hydrogens (tertiary/aromatic N) is 2. The zero-order valence-corrected chi connectivity index (χ0v) is 11.7. The fraction of sp³-hybridized carbons (Fsp3) is 0.267. The first-order valence-electron chi connectivity index (χ1n) is 6.67. The zero-order valence-electron chi connectivity index (χ0n) is 11.7. The Bertz CT molecular complexity index is 586.